The summed E-state index contributed by atoms with van der Waals surface area (Å²) < 4.78 is 77.3. The van der Waals surface area contributed by atoms with Crippen LogP contribution >= 0.6 is 0 Å². The lowest BCUT2D eigenvalue weighted by atomic mass is 9.69. The Bertz CT molecular complexity index is 799. The van der Waals surface area contributed by atoms with Crippen molar-refractivity contribution in [1.29, 1.82) is 0 Å². The molecule has 0 saturated heterocycles. The number of carbonyl (C=O) groups is 1. The molecule has 29 heavy (non-hydrogen) atoms. The summed E-state index contributed by atoms with van der Waals surface area (Å²) in [6.45, 7) is 0. The quantitative estimate of drug-likeness (QED) is 0.650. The predicted octanol–water partition coefficient (Wildman–Crippen LogP) is 5.72. The van der Waals surface area contributed by atoms with Crippen molar-refractivity contribution in [2.45, 2.75) is 43.6 Å². The second-order valence-electron chi connectivity index (χ2n) is 7.23. The lowest BCUT2D eigenvalue weighted by Crippen LogP contribution is -2.39. The molecule has 0 aromatic heterocycles. The fraction of sp³-hybridized carbons (Fsp3) is 0.381. The molecule has 8 heteroatoms. The van der Waals surface area contributed by atoms with Crippen LogP contribution in [0.4, 0.5) is 26.3 Å². The van der Waals surface area contributed by atoms with E-state index in [0.717, 1.165) is 48.5 Å². The van der Waals surface area contributed by atoms with Gasteiger partial charge in [-0.2, -0.15) is 26.3 Å². The molecule has 1 saturated carbocycles. The molecule has 0 spiro atoms. The number of carbonyl (C=O) groups excluding carboxylic acids is 1. The van der Waals surface area contributed by atoms with Crippen LogP contribution in [0.3, 0.4) is 0 Å². The molecule has 2 aromatic carbocycles. The van der Waals surface area contributed by atoms with Crippen LogP contribution in [0.1, 0.15) is 47.9 Å². The van der Waals surface area contributed by atoms with Gasteiger partial charge in [0.05, 0.1) is 11.1 Å². The van der Waals surface area contributed by atoms with E-state index in [1.54, 1.807) is 0 Å². The molecule has 2 nitrogen and oxygen atoms in total. The third-order valence-electron chi connectivity index (χ3n) is 5.44. The van der Waals surface area contributed by atoms with E-state index in [1.165, 1.54) is 0 Å². The Morgan fingerprint density at radius 1 is 0.655 bits per heavy atom. The average Bonchev–Trinajstić information content (AvgIpc) is 2.67. The van der Waals surface area contributed by atoms with E-state index >= 15 is 0 Å². The molecule has 1 aliphatic rings. The third kappa shape index (κ3) is 4.32. The minimum absolute atomic E-state index is 0.0171. The zero-order valence-electron chi connectivity index (χ0n) is 15.1. The maximum atomic E-state index is 12.9. The lowest BCUT2D eigenvalue weighted by Gasteiger charge is -2.39. The SMILES string of the molecule is O=C1CCC(C(O)(c2ccc(C(F)(F)F)cc2)c2ccc(C(F)(F)F)cc2)CC1. The molecule has 0 aliphatic heterocycles. The molecule has 0 bridgehead atoms. The minimum Gasteiger partial charge on any atom is -0.380 e. The highest BCUT2D eigenvalue weighted by Gasteiger charge is 2.43. The van der Waals surface area contributed by atoms with Gasteiger partial charge in [0.2, 0.25) is 0 Å². The first-order valence-electron chi connectivity index (χ1n) is 9.02. The second kappa shape index (κ2) is 7.48. The maximum absolute atomic E-state index is 12.9. The highest BCUT2D eigenvalue weighted by atomic mass is 19.4. The lowest BCUT2D eigenvalue weighted by molar-refractivity contribution is -0.138. The monoisotopic (exact) mass is 416 g/mol. The molecule has 2 aromatic rings. The fourth-order valence-electron chi connectivity index (χ4n) is 3.82. The standard InChI is InChI=1S/C21H18F6O2/c22-20(23,24)16-5-1-13(2-6-16)19(29,15-9-11-18(28)12-10-15)14-3-7-17(8-4-14)21(25,26)27/h1-8,15,29H,9-12H2. The van der Waals surface area contributed by atoms with Gasteiger partial charge < -0.3 is 5.11 Å². The van der Waals surface area contributed by atoms with Crippen LogP contribution in [0.15, 0.2) is 48.5 Å². The summed E-state index contributed by atoms with van der Waals surface area (Å²) in [5, 5.41) is 11.6. The van der Waals surface area contributed by atoms with Crippen LogP contribution in [0, 0.1) is 5.92 Å². The number of hydrogen-bond donors (Lipinski definition) is 1. The fourth-order valence-corrected chi connectivity index (χ4v) is 3.82. The molecule has 1 fully saturated rings. The van der Waals surface area contributed by atoms with E-state index in [-0.39, 0.29) is 42.6 Å². The summed E-state index contributed by atoms with van der Waals surface area (Å²) >= 11 is 0. The van der Waals surface area contributed by atoms with Crippen molar-refractivity contribution in [3.8, 4) is 0 Å². The van der Waals surface area contributed by atoms with Gasteiger partial charge >= 0.3 is 12.4 Å². The number of halogens is 6. The molecule has 3 rings (SSSR count). The zero-order chi connectivity index (χ0) is 21.4. The second-order valence-corrected chi connectivity index (χ2v) is 7.23. The number of alkyl halides is 6. The predicted molar refractivity (Wildman–Crippen MR) is 92.9 cm³/mol. The van der Waals surface area contributed by atoms with E-state index < -0.39 is 35.0 Å². The normalized spacial score (nSPS) is 16.9. The Kier molecular flexibility index (Phi) is 5.51. The van der Waals surface area contributed by atoms with Crippen molar-refractivity contribution >= 4 is 5.78 Å². The minimum atomic E-state index is -4.55. The van der Waals surface area contributed by atoms with Gasteiger partial charge in [0, 0.05) is 12.8 Å². The van der Waals surface area contributed by atoms with Gasteiger partial charge in [-0.3, -0.25) is 4.79 Å². The first kappa shape index (κ1) is 21.4. The summed E-state index contributed by atoms with van der Waals surface area (Å²) in [4.78, 5) is 11.6. The van der Waals surface area contributed by atoms with E-state index in [4.69, 9.17) is 0 Å². The van der Waals surface area contributed by atoms with Gasteiger partial charge in [0.1, 0.15) is 11.4 Å². The van der Waals surface area contributed by atoms with Crippen LogP contribution < -0.4 is 0 Å². The molecule has 1 aliphatic carbocycles. The Balaban J connectivity index is 2.06. The number of hydrogen-bond acceptors (Lipinski definition) is 2. The molecular formula is C21H18F6O2. The Morgan fingerprint density at radius 3 is 1.28 bits per heavy atom. The summed E-state index contributed by atoms with van der Waals surface area (Å²) in [5.74, 6) is -0.503. The topological polar surface area (TPSA) is 37.3 Å². The molecule has 0 atom stereocenters. The molecule has 1 N–H and O–H groups in total. The Hall–Kier alpha value is -2.35. The van der Waals surface area contributed by atoms with Gasteiger partial charge in [0.15, 0.2) is 0 Å². The van der Waals surface area contributed by atoms with Gasteiger partial charge in [-0.25, -0.2) is 0 Å². The van der Waals surface area contributed by atoms with Gasteiger partial charge in [-0.1, -0.05) is 24.3 Å². The molecule has 156 valence electrons. The highest BCUT2D eigenvalue weighted by Crippen LogP contribution is 2.44. The number of ketones is 1. The van der Waals surface area contributed by atoms with Crippen LogP contribution in [0.25, 0.3) is 0 Å². The van der Waals surface area contributed by atoms with E-state index in [9.17, 15) is 36.2 Å². The summed E-state index contributed by atoms with van der Waals surface area (Å²) in [5.41, 5.74) is -3.31. The number of rotatable bonds is 3. The first-order chi connectivity index (χ1) is 13.4. The third-order valence-corrected chi connectivity index (χ3v) is 5.44. The van der Waals surface area contributed by atoms with Crippen LogP contribution in [-0.2, 0) is 22.7 Å². The smallest absolute Gasteiger partial charge is 0.380 e. The summed E-state index contributed by atoms with van der Waals surface area (Å²) in [6.07, 6.45) is -8.12. The van der Waals surface area contributed by atoms with Gasteiger partial charge in [-0.15, -0.1) is 0 Å². The Labute approximate surface area is 163 Å². The van der Waals surface area contributed by atoms with Crippen LogP contribution in [-0.4, -0.2) is 10.9 Å². The Morgan fingerprint density at radius 2 is 0.966 bits per heavy atom. The van der Waals surface area contributed by atoms with Crippen molar-refractivity contribution in [2.75, 3.05) is 0 Å². The van der Waals surface area contributed by atoms with E-state index in [0.29, 0.717) is 0 Å². The molecule has 0 unspecified atom stereocenters. The van der Waals surface area contributed by atoms with Gasteiger partial charge in [-0.05, 0) is 54.2 Å². The van der Waals surface area contributed by atoms with Crippen molar-refractivity contribution < 1.29 is 36.2 Å². The summed E-state index contributed by atoms with van der Waals surface area (Å²) in [7, 11) is 0. The molecule has 0 radical (unpaired) electrons. The maximum Gasteiger partial charge on any atom is 0.416 e. The molecule has 0 heterocycles. The highest BCUT2D eigenvalue weighted by molar-refractivity contribution is 5.79. The molecular weight excluding hydrogens is 398 g/mol. The zero-order valence-corrected chi connectivity index (χ0v) is 15.1. The number of benzene rings is 2. The van der Waals surface area contributed by atoms with Crippen molar-refractivity contribution in [3.63, 3.8) is 0 Å². The van der Waals surface area contributed by atoms with Gasteiger partial charge in [0.25, 0.3) is 0 Å². The van der Waals surface area contributed by atoms with E-state index in [2.05, 4.69) is 0 Å². The van der Waals surface area contributed by atoms with Crippen LogP contribution in [0.2, 0.25) is 0 Å². The van der Waals surface area contributed by atoms with E-state index in [1.807, 2.05) is 0 Å². The largest absolute Gasteiger partial charge is 0.416 e. The van der Waals surface area contributed by atoms with Crippen molar-refractivity contribution in [3.05, 3.63) is 70.8 Å². The summed E-state index contributed by atoms with van der Waals surface area (Å²) in [6, 6.07) is 7.87. The average molecular weight is 416 g/mol. The van der Waals surface area contributed by atoms with Crippen molar-refractivity contribution in [1.82, 2.24) is 0 Å². The number of aliphatic hydroxyl groups is 1. The number of Topliss-reactive ketones (excluding diaryl/α,β-unsaturated/α-hetero) is 1. The molecule has 0 amide bonds. The first-order valence-corrected chi connectivity index (χ1v) is 9.02. The van der Waals surface area contributed by atoms with Crippen LogP contribution in [0.5, 0.6) is 0 Å². The van der Waals surface area contributed by atoms with Crippen molar-refractivity contribution in [2.24, 2.45) is 5.92 Å².